The minimum atomic E-state index is -0.307. The highest BCUT2D eigenvalue weighted by Gasteiger charge is 2.27. The van der Waals surface area contributed by atoms with Crippen LogP contribution in [0.25, 0.3) is 5.70 Å². The lowest BCUT2D eigenvalue weighted by molar-refractivity contribution is 0.0526. The number of halogens is 1. The van der Waals surface area contributed by atoms with Crippen molar-refractivity contribution < 1.29 is 14.3 Å². The fourth-order valence-electron chi connectivity index (χ4n) is 3.90. The summed E-state index contributed by atoms with van der Waals surface area (Å²) in [6, 6.07) is 23.6. The molecule has 0 spiro atoms. The van der Waals surface area contributed by atoms with Crippen molar-refractivity contribution in [2.45, 2.75) is 32.9 Å². The number of carbonyl (C=O) groups is 1. The number of hydrogen-bond acceptors (Lipinski definition) is 4. The first-order valence-corrected chi connectivity index (χ1v) is 11.2. The third-order valence-electron chi connectivity index (χ3n) is 5.46. The highest BCUT2D eigenvalue weighted by atomic mass is 35.5. The molecule has 0 aromatic heterocycles. The Labute approximate surface area is 194 Å². The molecule has 1 unspecified atom stereocenters. The molecule has 5 heteroatoms. The van der Waals surface area contributed by atoms with Gasteiger partial charge in [0.1, 0.15) is 12.4 Å². The van der Waals surface area contributed by atoms with E-state index < -0.39 is 0 Å². The second-order valence-corrected chi connectivity index (χ2v) is 8.16. The number of esters is 1. The van der Waals surface area contributed by atoms with E-state index >= 15 is 0 Å². The Hall–Kier alpha value is -3.24. The summed E-state index contributed by atoms with van der Waals surface area (Å²) < 4.78 is 11.4. The molecular formula is C27H26ClNO3. The number of nitrogens with zero attached hydrogens (tertiary/aromatic N) is 1. The van der Waals surface area contributed by atoms with Crippen LogP contribution in [0.15, 0.2) is 78.9 Å². The van der Waals surface area contributed by atoms with Crippen LogP contribution in [-0.2, 0) is 11.3 Å². The van der Waals surface area contributed by atoms with Crippen LogP contribution in [0.3, 0.4) is 0 Å². The fourth-order valence-corrected chi connectivity index (χ4v) is 4.03. The van der Waals surface area contributed by atoms with E-state index in [2.05, 4.69) is 24.0 Å². The standard InChI is InChI=1S/C27H26ClNO3/c1-3-31-27(30)21-7-6-8-23(17-21)29-19(2)11-16-25(29)24-9-4-5-10-26(24)32-18-20-12-14-22(28)15-13-20/h4-10,12-17,19H,3,11,18H2,1-2H3. The molecule has 0 saturated carbocycles. The Bertz CT molecular complexity index is 1120. The van der Waals surface area contributed by atoms with Gasteiger partial charge in [-0.05, 0) is 68.3 Å². The van der Waals surface area contributed by atoms with Crippen LogP contribution in [0.5, 0.6) is 5.75 Å². The van der Waals surface area contributed by atoms with E-state index in [1.165, 1.54) is 0 Å². The van der Waals surface area contributed by atoms with Crippen molar-refractivity contribution in [3.8, 4) is 5.75 Å². The molecule has 4 nitrogen and oxygen atoms in total. The van der Waals surface area contributed by atoms with Gasteiger partial charge in [0.25, 0.3) is 0 Å². The predicted octanol–water partition coefficient (Wildman–Crippen LogP) is 6.74. The molecular weight excluding hydrogens is 422 g/mol. The molecule has 0 aliphatic carbocycles. The lowest BCUT2D eigenvalue weighted by Crippen LogP contribution is -2.27. The molecule has 1 heterocycles. The van der Waals surface area contributed by atoms with Crippen molar-refractivity contribution in [2.24, 2.45) is 0 Å². The van der Waals surface area contributed by atoms with Crippen LogP contribution >= 0.6 is 11.6 Å². The maximum absolute atomic E-state index is 12.3. The zero-order valence-electron chi connectivity index (χ0n) is 18.3. The Balaban J connectivity index is 1.61. The van der Waals surface area contributed by atoms with Gasteiger partial charge in [-0.1, -0.05) is 48.0 Å². The molecule has 0 fully saturated rings. The zero-order chi connectivity index (χ0) is 22.5. The Morgan fingerprint density at radius 3 is 2.62 bits per heavy atom. The highest BCUT2D eigenvalue weighted by molar-refractivity contribution is 6.30. The van der Waals surface area contributed by atoms with Crippen LogP contribution in [0, 0.1) is 0 Å². The highest BCUT2D eigenvalue weighted by Crippen LogP contribution is 2.39. The molecule has 3 aromatic rings. The topological polar surface area (TPSA) is 38.8 Å². The largest absolute Gasteiger partial charge is 0.488 e. The Morgan fingerprint density at radius 2 is 1.84 bits per heavy atom. The van der Waals surface area contributed by atoms with E-state index in [4.69, 9.17) is 21.1 Å². The number of carbonyl (C=O) groups excluding carboxylic acids is 1. The molecule has 0 saturated heterocycles. The average Bonchev–Trinajstić information content (AvgIpc) is 3.20. The summed E-state index contributed by atoms with van der Waals surface area (Å²) in [4.78, 5) is 14.5. The predicted molar refractivity (Wildman–Crippen MR) is 129 cm³/mol. The summed E-state index contributed by atoms with van der Waals surface area (Å²) in [5, 5.41) is 0.708. The maximum atomic E-state index is 12.3. The number of hydrogen-bond donors (Lipinski definition) is 0. The van der Waals surface area contributed by atoms with E-state index in [1.807, 2.05) is 67.6 Å². The zero-order valence-corrected chi connectivity index (χ0v) is 19.0. The lowest BCUT2D eigenvalue weighted by atomic mass is 10.1. The molecule has 0 amide bonds. The van der Waals surface area contributed by atoms with Crippen LogP contribution in [-0.4, -0.2) is 18.6 Å². The van der Waals surface area contributed by atoms with Crippen LogP contribution in [0.4, 0.5) is 5.69 Å². The normalized spacial score (nSPS) is 15.4. The van der Waals surface area contributed by atoms with Crippen LogP contribution in [0.2, 0.25) is 5.02 Å². The van der Waals surface area contributed by atoms with Crippen molar-refractivity contribution in [2.75, 3.05) is 11.5 Å². The molecule has 0 radical (unpaired) electrons. The summed E-state index contributed by atoms with van der Waals surface area (Å²) >= 11 is 5.99. The first-order valence-electron chi connectivity index (χ1n) is 10.8. The van der Waals surface area contributed by atoms with Crippen molar-refractivity contribution >= 4 is 29.0 Å². The third kappa shape index (κ3) is 4.81. The third-order valence-corrected chi connectivity index (χ3v) is 5.71. The molecule has 4 rings (SSSR count). The van der Waals surface area contributed by atoms with E-state index in [0.29, 0.717) is 23.8 Å². The summed E-state index contributed by atoms with van der Waals surface area (Å²) in [7, 11) is 0. The number of ether oxygens (including phenoxy) is 2. The molecule has 3 aromatic carbocycles. The van der Waals surface area contributed by atoms with E-state index in [-0.39, 0.29) is 12.0 Å². The molecule has 164 valence electrons. The van der Waals surface area contributed by atoms with Crippen molar-refractivity contribution in [1.82, 2.24) is 0 Å². The molecule has 1 aliphatic rings. The first-order chi connectivity index (χ1) is 15.6. The van der Waals surface area contributed by atoms with Gasteiger partial charge in [-0.25, -0.2) is 4.79 Å². The average molecular weight is 448 g/mol. The molecule has 1 aliphatic heterocycles. The maximum Gasteiger partial charge on any atom is 0.338 e. The van der Waals surface area contributed by atoms with Gasteiger partial charge in [0.15, 0.2) is 0 Å². The van der Waals surface area contributed by atoms with Crippen LogP contribution < -0.4 is 9.64 Å². The monoisotopic (exact) mass is 447 g/mol. The number of anilines is 1. The van der Waals surface area contributed by atoms with E-state index in [9.17, 15) is 4.79 Å². The molecule has 0 N–H and O–H groups in total. The van der Waals surface area contributed by atoms with E-state index in [1.54, 1.807) is 6.07 Å². The van der Waals surface area contributed by atoms with Gasteiger partial charge in [0.05, 0.1) is 12.2 Å². The van der Waals surface area contributed by atoms with Gasteiger partial charge in [-0.3, -0.25) is 0 Å². The van der Waals surface area contributed by atoms with Gasteiger partial charge >= 0.3 is 5.97 Å². The van der Waals surface area contributed by atoms with Gasteiger partial charge in [0, 0.05) is 28.0 Å². The summed E-state index contributed by atoms with van der Waals surface area (Å²) in [5.41, 5.74) is 4.66. The van der Waals surface area contributed by atoms with Crippen molar-refractivity contribution in [1.29, 1.82) is 0 Å². The fraction of sp³-hybridized carbons (Fsp3) is 0.222. The van der Waals surface area contributed by atoms with Gasteiger partial charge in [0.2, 0.25) is 0 Å². The Morgan fingerprint density at radius 1 is 1.06 bits per heavy atom. The molecule has 32 heavy (non-hydrogen) atoms. The lowest BCUT2D eigenvalue weighted by Gasteiger charge is -2.29. The van der Waals surface area contributed by atoms with Crippen molar-refractivity contribution in [3.63, 3.8) is 0 Å². The van der Waals surface area contributed by atoms with E-state index in [0.717, 1.165) is 34.7 Å². The SMILES string of the molecule is CCOC(=O)c1cccc(N2C(c3ccccc3OCc3ccc(Cl)cc3)=CCC2C)c1. The van der Waals surface area contributed by atoms with Gasteiger partial charge in [-0.2, -0.15) is 0 Å². The van der Waals surface area contributed by atoms with Crippen LogP contribution in [0.1, 0.15) is 41.8 Å². The summed E-state index contributed by atoms with van der Waals surface area (Å²) in [6.07, 6.45) is 3.14. The minimum absolute atomic E-state index is 0.256. The number of benzene rings is 3. The second-order valence-electron chi connectivity index (χ2n) is 7.73. The Kier molecular flexibility index (Phi) is 6.81. The summed E-state index contributed by atoms with van der Waals surface area (Å²) in [6.45, 7) is 4.80. The van der Waals surface area contributed by atoms with Gasteiger partial charge in [-0.15, -0.1) is 0 Å². The number of para-hydroxylation sites is 1. The minimum Gasteiger partial charge on any atom is -0.488 e. The smallest absolute Gasteiger partial charge is 0.338 e. The van der Waals surface area contributed by atoms with Gasteiger partial charge < -0.3 is 14.4 Å². The quantitative estimate of drug-likeness (QED) is 0.376. The second kappa shape index (κ2) is 9.92. The number of rotatable bonds is 7. The van der Waals surface area contributed by atoms with Crippen molar-refractivity contribution in [3.05, 3.63) is 101 Å². The first kappa shape index (κ1) is 22.0. The molecule has 1 atom stereocenters. The summed E-state index contributed by atoms with van der Waals surface area (Å²) in [5.74, 6) is 0.507. The molecule has 0 bridgehead atoms.